The number of esters is 1. The second-order valence-corrected chi connectivity index (χ2v) is 15.2. The molecule has 0 aromatic carbocycles. The van der Waals surface area contributed by atoms with Crippen LogP contribution in [0.15, 0.2) is 12.2 Å². The van der Waals surface area contributed by atoms with E-state index in [4.69, 9.17) is 4.74 Å². The highest BCUT2D eigenvalue weighted by Crippen LogP contribution is 2.77. The Hall–Kier alpha value is -0.830. The van der Waals surface area contributed by atoms with Crippen LogP contribution in [-0.4, -0.2) is 23.8 Å². The second kappa shape index (κ2) is 8.08. The molecule has 1 N–H and O–H groups in total. The Bertz CT molecular complexity index is 891. The van der Waals surface area contributed by atoms with Crippen molar-refractivity contribution in [3.05, 3.63) is 12.2 Å². The fourth-order valence-corrected chi connectivity index (χ4v) is 11.9. The van der Waals surface area contributed by atoms with Gasteiger partial charge < -0.3 is 9.84 Å². The van der Waals surface area contributed by atoms with Gasteiger partial charge >= 0.3 is 5.97 Å². The molecule has 0 amide bonds. The van der Waals surface area contributed by atoms with Crippen LogP contribution in [0.1, 0.15) is 113 Å². The third kappa shape index (κ3) is 3.28. The van der Waals surface area contributed by atoms with Crippen molar-refractivity contribution in [1.82, 2.24) is 0 Å². The summed E-state index contributed by atoms with van der Waals surface area (Å²) in [4.78, 5) is 11.9. The average molecular weight is 485 g/mol. The van der Waals surface area contributed by atoms with E-state index in [-0.39, 0.29) is 22.9 Å². The molecule has 0 aliphatic heterocycles. The van der Waals surface area contributed by atoms with Crippen LogP contribution in [0.4, 0.5) is 0 Å². The molecular formula is C32H52O3. The molecule has 0 aromatic rings. The summed E-state index contributed by atoms with van der Waals surface area (Å²) in [5, 5.41) is 10.7. The van der Waals surface area contributed by atoms with Crippen molar-refractivity contribution in [2.24, 2.45) is 56.7 Å². The van der Waals surface area contributed by atoms with E-state index in [2.05, 4.69) is 48.1 Å². The third-order valence-electron chi connectivity index (χ3n) is 13.8. The first kappa shape index (κ1) is 25.8. The fraction of sp³-hybridized carbons (Fsp3) is 0.906. The second-order valence-electron chi connectivity index (χ2n) is 15.2. The molecule has 3 nitrogen and oxygen atoms in total. The zero-order valence-corrected chi connectivity index (χ0v) is 23.7. The molecule has 3 heteroatoms. The van der Waals surface area contributed by atoms with Crippen LogP contribution in [0.25, 0.3) is 0 Å². The zero-order chi connectivity index (χ0) is 25.6. The fourth-order valence-electron chi connectivity index (χ4n) is 11.9. The molecule has 5 saturated carbocycles. The zero-order valence-electron chi connectivity index (χ0n) is 23.7. The standard InChI is InChI=1S/C32H52O3/c1-20(2)22-11-16-32(19-33)18-17-30(7)23(27(22)32)9-10-25-29(6)14-13-26(35-21(3)34)28(4,5)24(29)12-15-31(25,30)8/h22-27,33H,1,9-19H2,2-8H3/t22?,23-,24?,25-,26+,27?,29+,30-,31-,32-/m1/s1. The number of aliphatic hydroxyl groups is 1. The van der Waals surface area contributed by atoms with Gasteiger partial charge in [0.25, 0.3) is 0 Å². The van der Waals surface area contributed by atoms with Crippen molar-refractivity contribution >= 4 is 5.97 Å². The van der Waals surface area contributed by atoms with Gasteiger partial charge in [-0.05, 0) is 122 Å². The lowest BCUT2D eigenvalue weighted by atomic mass is 9.32. The largest absolute Gasteiger partial charge is 0.462 e. The first-order valence-electron chi connectivity index (χ1n) is 14.7. The van der Waals surface area contributed by atoms with Crippen LogP contribution < -0.4 is 0 Å². The van der Waals surface area contributed by atoms with Gasteiger partial charge in [-0.3, -0.25) is 4.79 Å². The van der Waals surface area contributed by atoms with Gasteiger partial charge in [0.05, 0.1) is 0 Å². The van der Waals surface area contributed by atoms with Gasteiger partial charge in [-0.2, -0.15) is 0 Å². The lowest BCUT2D eigenvalue weighted by Crippen LogP contribution is -2.67. The van der Waals surface area contributed by atoms with Crippen LogP contribution in [0, 0.1) is 56.7 Å². The van der Waals surface area contributed by atoms with Crippen molar-refractivity contribution < 1.29 is 14.6 Å². The van der Waals surface area contributed by atoms with Crippen molar-refractivity contribution in [1.29, 1.82) is 0 Å². The van der Waals surface area contributed by atoms with E-state index in [1.165, 1.54) is 63.4 Å². The van der Waals surface area contributed by atoms with E-state index in [9.17, 15) is 9.90 Å². The number of fused-ring (bicyclic) bond motifs is 7. The molecule has 5 rings (SSSR count). The summed E-state index contributed by atoms with van der Waals surface area (Å²) in [6.45, 7) is 21.3. The Kier molecular flexibility index (Phi) is 5.96. The molecule has 0 radical (unpaired) electrons. The van der Waals surface area contributed by atoms with E-state index in [1.54, 1.807) is 6.92 Å². The molecule has 0 heterocycles. The predicted molar refractivity (Wildman–Crippen MR) is 142 cm³/mol. The smallest absolute Gasteiger partial charge is 0.302 e. The van der Waals surface area contributed by atoms with E-state index in [0.29, 0.717) is 46.5 Å². The summed E-state index contributed by atoms with van der Waals surface area (Å²) in [6, 6.07) is 0. The molecule has 5 fully saturated rings. The van der Waals surface area contributed by atoms with E-state index >= 15 is 0 Å². The monoisotopic (exact) mass is 484 g/mol. The van der Waals surface area contributed by atoms with Crippen LogP contribution in [-0.2, 0) is 9.53 Å². The molecule has 3 unspecified atom stereocenters. The average Bonchev–Trinajstić information content (AvgIpc) is 3.16. The van der Waals surface area contributed by atoms with Crippen molar-refractivity contribution in [2.45, 2.75) is 119 Å². The van der Waals surface area contributed by atoms with Gasteiger partial charge in [-0.1, -0.05) is 46.8 Å². The van der Waals surface area contributed by atoms with E-state index in [0.717, 1.165) is 12.3 Å². The Balaban J connectivity index is 1.51. The number of hydrogen-bond acceptors (Lipinski definition) is 3. The maximum Gasteiger partial charge on any atom is 0.302 e. The van der Waals surface area contributed by atoms with E-state index in [1.807, 2.05) is 0 Å². The Morgan fingerprint density at radius 3 is 2.20 bits per heavy atom. The number of ether oxygens (including phenoxy) is 1. The molecule has 5 aliphatic rings. The minimum Gasteiger partial charge on any atom is -0.462 e. The molecule has 0 aromatic heterocycles. The summed E-state index contributed by atoms with van der Waals surface area (Å²) in [7, 11) is 0. The maximum absolute atomic E-state index is 11.9. The quantitative estimate of drug-likeness (QED) is 0.332. The number of carbonyl (C=O) groups is 1. The number of carbonyl (C=O) groups excluding carboxylic acids is 1. The maximum atomic E-state index is 11.9. The summed E-state index contributed by atoms with van der Waals surface area (Å²) < 4.78 is 5.90. The lowest BCUT2D eigenvalue weighted by Gasteiger charge is -2.73. The number of hydrogen-bond donors (Lipinski definition) is 1. The molecule has 0 bridgehead atoms. The molecule has 35 heavy (non-hydrogen) atoms. The van der Waals surface area contributed by atoms with Crippen molar-refractivity contribution in [3.63, 3.8) is 0 Å². The van der Waals surface area contributed by atoms with Gasteiger partial charge in [0.1, 0.15) is 6.10 Å². The minimum atomic E-state index is -0.126. The van der Waals surface area contributed by atoms with Crippen molar-refractivity contribution in [2.75, 3.05) is 6.61 Å². The molecular weight excluding hydrogens is 432 g/mol. The Labute approximate surface area is 214 Å². The van der Waals surface area contributed by atoms with Crippen LogP contribution >= 0.6 is 0 Å². The van der Waals surface area contributed by atoms with Gasteiger partial charge in [-0.25, -0.2) is 0 Å². The van der Waals surface area contributed by atoms with Gasteiger partial charge in [0.15, 0.2) is 0 Å². The molecule has 5 aliphatic carbocycles. The third-order valence-corrected chi connectivity index (χ3v) is 13.8. The summed E-state index contributed by atoms with van der Waals surface area (Å²) in [5.41, 5.74) is 2.45. The number of aliphatic hydroxyl groups excluding tert-OH is 1. The SMILES string of the molecule is C=C(C)C1CC[C@]2(CO)CC[C@]3(C)[C@H](CC[C@@H]4[C@@]5(C)CC[C@H](OC(C)=O)C(C)(C)C5CC[C@]43C)C12. The first-order valence-corrected chi connectivity index (χ1v) is 14.7. The van der Waals surface area contributed by atoms with Gasteiger partial charge in [0.2, 0.25) is 0 Å². The van der Waals surface area contributed by atoms with Crippen LogP contribution in [0.3, 0.4) is 0 Å². The van der Waals surface area contributed by atoms with Gasteiger partial charge in [0, 0.05) is 18.9 Å². The number of allylic oxidation sites excluding steroid dienone is 1. The molecule has 10 atom stereocenters. The van der Waals surface area contributed by atoms with Crippen molar-refractivity contribution in [3.8, 4) is 0 Å². The molecule has 0 saturated heterocycles. The molecule has 198 valence electrons. The first-order chi connectivity index (χ1) is 16.3. The lowest BCUT2D eigenvalue weighted by molar-refractivity contribution is -0.251. The normalized spacial score (nSPS) is 52.5. The highest BCUT2D eigenvalue weighted by molar-refractivity contribution is 5.66. The summed E-state index contributed by atoms with van der Waals surface area (Å²) in [5.74, 6) is 3.07. The highest BCUT2D eigenvalue weighted by atomic mass is 16.5. The number of rotatable bonds is 3. The summed E-state index contributed by atoms with van der Waals surface area (Å²) >= 11 is 0. The minimum absolute atomic E-state index is 0.0207. The predicted octanol–water partition coefficient (Wildman–Crippen LogP) is 7.57. The van der Waals surface area contributed by atoms with E-state index < -0.39 is 0 Å². The Morgan fingerprint density at radius 2 is 1.57 bits per heavy atom. The Morgan fingerprint density at radius 1 is 0.857 bits per heavy atom. The molecule has 0 spiro atoms. The van der Waals surface area contributed by atoms with Gasteiger partial charge in [-0.15, -0.1) is 0 Å². The summed E-state index contributed by atoms with van der Waals surface area (Å²) in [6.07, 6.45) is 12.2. The van der Waals surface area contributed by atoms with Crippen LogP contribution in [0.5, 0.6) is 0 Å². The van der Waals surface area contributed by atoms with Crippen LogP contribution in [0.2, 0.25) is 0 Å². The topological polar surface area (TPSA) is 46.5 Å². The highest BCUT2D eigenvalue weighted by Gasteiger charge is 2.71.